The van der Waals surface area contributed by atoms with Gasteiger partial charge in [0.15, 0.2) is 0 Å². The summed E-state index contributed by atoms with van der Waals surface area (Å²) in [6, 6.07) is -0.884. The lowest BCUT2D eigenvalue weighted by Gasteiger charge is -2.25. The molecule has 0 heterocycles. The van der Waals surface area contributed by atoms with Crippen LogP contribution in [0.2, 0.25) is 0 Å². The Morgan fingerprint density at radius 2 is 0.953 bits per heavy atom. The molecule has 64 heavy (non-hydrogen) atoms. The summed E-state index contributed by atoms with van der Waals surface area (Å²) in [4.78, 5) is 23.2. The van der Waals surface area contributed by atoms with E-state index < -0.39 is 20.0 Å². The number of unbranched alkanes of at least 4 members (excludes halogenated alkanes) is 12. The number of carbonyl (C=O) groups excluding carboxylic acids is 1. The first-order chi connectivity index (χ1) is 31.0. The molecule has 0 aliphatic rings. The summed E-state index contributed by atoms with van der Waals surface area (Å²) in [5.41, 5.74) is 0. The normalized spacial score (nSPS) is 15.2. The van der Waals surface area contributed by atoms with E-state index in [1.54, 1.807) is 6.08 Å². The van der Waals surface area contributed by atoms with Crippen LogP contribution in [0.5, 0.6) is 0 Å². The Morgan fingerprint density at radius 1 is 0.547 bits per heavy atom. The Morgan fingerprint density at radius 3 is 1.44 bits per heavy atom. The lowest BCUT2D eigenvalue weighted by Crippen LogP contribution is -2.45. The van der Waals surface area contributed by atoms with Gasteiger partial charge >= 0.3 is 7.82 Å². The first-order valence-electron chi connectivity index (χ1n) is 24.9. The summed E-state index contributed by atoms with van der Waals surface area (Å²) >= 11 is 0. The number of phosphoric ester groups is 1. The average molecular weight is 910 g/mol. The van der Waals surface area contributed by atoms with Gasteiger partial charge in [0, 0.05) is 6.42 Å². The molecule has 0 saturated carbocycles. The maximum atomic E-state index is 12.9. The highest BCUT2D eigenvalue weighted by atomic mass is 31.2. The first kappa shape index (κ1) is 60.9. The maximum absolute atomic E-state index is 12.9. The largest absolute Gasteiger partial charge is 0.472 e. The predicted molar refractivity (Wildman–Crippen MR) is 276 cm³/mol. The van der Waals surface area contributed by atoms with Gasteiger partial charge in [0.05, 0.1) is 39.9 Å². The number of quaternary nitrogens is 1. The van der Waals surface area contributed by atoms with E-state index >= 15 is 0 Å². The molecular weight excluding hydrogens is 816 g/mol. The van der Waals surface area contributed by atoms with E-state index in [1.807, 2.05) is 27.2 Å². The van der Waals surface area contributed by atoms with Gasteiger partial charge in [-0.25, -0.2) is 4.57 Å². The van der Waals surface area contributed by atoms with Gasteiger partial charge in [0.2, 0.25) is 5.91 Å². The number of carbonyl (C=O) groups is 1. The number of allylic oxidation sites excluding steroid dienone is 19. The Kier molecular flexibility index (Phi) is 42.9. The molecule has 3 N–H and O–H groups in total. The van der Waals surface area contributed by atoms with Crippen LogP contribution in [0.1, 0.15) is 168 Å². The van der Waals surface area contributed by atoms with Crippen LogP contribution in [0.15, 0.2) is 122 Å². The highest BCUT2D eigenvalue weighted by Gasteiger charge is 2.27. The molecule has 0 aliphatic carbocycles. The molecule has 8 nitrogen and oxygen atoms in total. The zero-order valence-electron chi connectivity index (χ0n) is 41.2. The van der Waals surface area contributed by atoms with Crippen LogP contribution in [0, 0.1) is 0 Å². The van der Waals surface area contributed by atoms with Crippen molar-refractivity contribution in [2.24, 2.45) is 0 Å². The third-order valence-corrected chi connectivity index (χ3v) is 11.1. The van der Waals surface area contributed by atoms with Gasteiger partial charge in [-0.2, -0.15) is 0 Å². The van der Waals surface area contributed by atoms with E-state index in [0.717, 1.165) is 109 Å². The quantitative estimate of drug-likeness (QED) is 0.0244. The van der Waals surface area contributed by atoms with E-state index in [4.69, 9.17) is 9.05 Å². The standard InChI is InChI=1S/C55H93N2O6P/c1-6-8-10-12-14-16-18-20-21-22-23-24-25-26-27-28-29-30-31-32-33-34-35-37-39-41-43-45-47-49-55(59)56-53(52-63-64(60,61)62-51-50-57(3,4)5)54(58)48-46-44-42-40-38-36-19-17-15-13-11-9-7-2/h8,10,14-17,20-21,23-24,26-27,29-30,32-33,38,40,46,48,53-54,58H,6-7,9,11-13,18-19,22,25,28,31,34-37,39,41-45,47,49-52H2,1-5H3,(H-,56,59,60,61)/p+1/b10-8-,16-14-,17-15+,21-20-,24-23-,27-26-,30-29-,33-32-,40-38+,48-46+. The average Bonchev–Trinajstić information content (AvgIpc) is 3.25. The number of aliphatic hydroxyl groups is 1. The fraction of sp³-hybridized carbons (Fsp3) is 0.618. The van der Waals surface area contributed by atoms with Gasteiger partial charge in [-0.3, -0.25) is 13.8 Å². The van der Waals surface area contributed by atoms with Crippen molar-refractivity contribution in [3.05, 3.63) is 122 Å². The molecular formula is C55H94N2O6P+. The Balaban J connectivity index is 4.33. The zero-order chi connectivity index (χ0) is 47.1. The molecule has 0 saturated heterocycles. The van der Waals surface area contributed by atoms with Gasteiger partial charge in [0.1, 0.15) is 13.2 Å². The number of rotatable bonds is 43. The number of nitrogens with one attached hydrogen (secondary N) is 1. The van der Waals surface area contributed by atoms with Crippen molar-refractivity contribution in [1.82, 2.24) is 5.32 Å². The van der Waals surface area contributed by atoms with Crippen molar-refractivity contribution < 1.29 is 32.9 Å². The van der Waals surface area contributed by atoms with Crippen molar-refractivity contribution >= 4 is 13.7 Å². The summed E-state index contributed by atoms with van der Waals surface area (Å²) in [6.07, 6.45) is 67.1. The third-order valence-electron chi connectivity index (χ3n) is 10.1. The molecule has 3 unspecified atom stereocenters. The van der Waals surface area contributed by atoms with Crippen molar-refractivity contribution in [3.8, 4) is 0 Å². The second-order valence-corrected chi connectivity index (χ2v) is 18.9. The molecule has 0 spiro atoms. The first-order valence-corrected chi connectivity index (χ1v) is 26.4. The second-order valence-electron chi connectivity index (χ2n) is 17.4. The molecule has 0 radical (unpaired) electrons. The lowest BCUT2D eigenvalue weighted by atomic mass is 10.1. The second kappa shape index (κ2) is 45.1. The molecule has 0 aliphatic heterocycles. The molecule has 0 aromatic rings. The van der Waals surface area contributed by atoms with Crippen LogP contribution in [0.25, 0.3) is 0 Å². The van der Waals surface area contributed by atoms with Gasteiger partial charge in [0.25, 0.3) is 0 Å². The van der Waals surface area contributed by atoms with Gasteiger partial charge in [-0.1, -0.05) is 180 Å². The monoisotopic (exact) mass is 910 g/mol. The molecule has 1 amide bonds. The van der Waals surface area contributed by atoms with Crippen LogP contribution in [0.4, 0.5) is 0 Å². The lowest BCUT2D eigenvalue weighted by molar-refractivity contribution is -0.870. The van der Waals surface area contributed by atoms with Gasteiger partial charge in [-0.05, 0) is 103 Å². The fourth-order valence-corrected chi connectivity index (χ4v) is 6.96. The minimum absolute atomic E-state index is 0.0439. The summed E-state index contributed by atoms with van der Waals surface area (Å²) in [5, 5.41) is 13.8. The molecule has 9 heteroatoms. The van der Waals surface area contributed by atoms with E-state index in [1.165, 1.54) is 38.5 Å². The molecule has 0 aromatic carbocycles. The fourth-order valence-electron chi connectivity index (χ4n) is 6.23. The molecule has 0 bridgehead atoms. The van der Waals surface area contributed by atoms with Gasteiger partial charge in [-0.15, -0.1) is 0 Å². The summed E-state index contributed by atoms with van der Waals surface area (Å²) in [5.74, 6) is -0.210. The molecule has 3 atom stereocenters. The Labute approximate surface area is 393 Å². The minimum atomic E-state index is -4.36. The summed E-state index contributed by atoms with van der Waals surface area (Å²) < 4.78 is 23.6. The van der Waals surface area contributed by atoms with E-state index in [0.29, 0.717) is 17.4 Å². The van der Waals surface area contributed by atoms with Crippen LogP contribution in [-0.2, 0) is 18.4 Å². The number of phosphoric acid groups is 1. The van der Waals surface area contributed by atoms with Crippen molar-refractivity contribution in [3.63, 3.8) is 0 Å². The Bertz CT molecular complexity index is 1450. The van der Waals surface area contributed by atoms with Crippen LogP contribution in [0.3, 0.4) is 0 Å². The number of hydrogen-bond acceptors (Lipinski definition) is 5. The van der Waals surface area contributed by atoms with Crippen molar-refractivity contribution in [2.75, 3.05) is 40.9 Å². The minimum Gasteiger partial charge on any atom is -0.387 e. The summed E-state index contributed by atoms with van der Waals surface area (Å²) in [7, 11) is 1.51. The molecule has 0 rings (SSSR count). The Hall–Kier alpha value is -3.10. The number of likely N-dealkylation sites (N-methyl/N-ethyl adjacent to an activating group) is 1. The number of hydrogen-bond donors (Lipinski definition) is 3. The highest BCUT2D eigenvalue weighted by Crippen LogP contribution is 2.43. The number of nitrogens with zero attached hydrogens (tertiary/aromatic N) is 1. The maximum Gasteiger partial charge on any atom is 0.472 e. The van der Waals surface area contributed by atoms with Crippen LogP contribution < -0.4 is 5.32 Å². The number of amides is 1. The predicted octanol–water partition coefficient (Wildman–Crippen LogP) is 14.6. The van der Waals surface area contributed by atoms with E-state index in [-0.39, 0.29) is 19.1 Å². The molecule has 364 valence electrons. The number of aliphatic hydroxyl groups excluding tert-OH is 1. The topological polar surface area (TPSA) is 105 Å². The summed E-state index contributed by atoms with van der Waals surface area (Å²) in [6.45, 7) is 4.59. The SMILES string of the molecule is CC/C=C\C/C=C\C/C=C\C/C=C\C/C=C\C/C=C\C/C=C\CCCCCCCCCC(=O)NC(COP(=O)(O)OCC[N+](C)(C)C)C(O)/C=C/CC/C=C/CC/C=C/CCCCC. The highest BCUT2D eigenvalue weighted by molar-refractivity contribution is 7.47. The zero-order valence-corrected chi connectivity index (χ0v) is 42.1. The van der Waals surface area contributed by atoms with Crippen LogP contribution in [-0.4, -0.2) is 73.4 Å². The van der Waals surface area contributed by atoms with E-state index in [9.17, 15) is 19.4 Å². The van der Waals surface area contributed by atoms with Crippen molar-refractivity contribution in [2.45, 2.75) is 180 Å². The van der Waals surface area contributed by atoms with Crippen molar-refractivity contribution in [1.29, 1.82) is 0 Å². The molecule has 0 aromatic heterocycles. The third kappa shape index (κ3) is 46.9. The molecule has 0 fully saturated rings. The van der Waals surface area contributed by atoms with E-state index in [2.05, 4.69) is 129 Å². The smallest absolute Gasteiger partial charge is 0.387 e. The van der Waals surface area contributed by atoms with Gasteiger partial charge < -0.3 is 19.8 Å². The van der Waals surface area contributed by atoms with Crippen LogP contribution >= 0.6 is 7.82 Å².